The third-order valence-electron chi connectivity index (χ3n) is 6.86. The molecule has 6 rings (SSSR count). The molecule has 0 aliphatic heterocycles. The van der Waals surface area contributed by atoms with E-state index in [1.54, 1.807) is 0 Å². The van der Waals surface area contributed by atoms with Crippen molar-refractivity contribution in [3.63, 3.8) is 0 Å². The molecule has 0 radical (unpaired) electrons. The van der Waals surface area contributed by atoms with Crippen molar-refractivity contribution in [3.05, 3.63) is 36.1 Å². The number of aromatic nitrogens is 1. The minimum absolute atomic E-state index is 0.150. The van der Waals surface area contributed by atoms with Gasteiger partial charge >= 0.3 is 0 Å². The van der Waals surface area contributed by atoms with Gasteiger partial charge in [-0.3, -0.25) is 9.59 Å². The lowest BCUT2D eigenvalue weighted by Gasteiger charge is -2.32. The van der Waals surface area contributed by atoms with Crippen LogP contribution >= 0.6 is 11.8 Å². The van der Waals surface area contributed by atoms with E-state index < -0.39 is 0 Å². The predicted molar refractivity (Wildman–Crippen MR) is 115 cm³/mol. The molecule has 2 amide bonds. The Morgan fingerprint density at radius 2 is 1.97 bits per heavy atom. The van der Waals surface area contributed by atoms with Crippen molar-refractivity contribution in [2.24, 2.45) is 23.7 Å². The van der Waals surface area contributed by atoms with E-state index in [0.29, 0.717) is 23.3 Å². The Bertz CT molecular complexity index is 959. The summed E-state index contributed by atoms with van der Waals surface area (Å²) in [7, 11) is 0. The van der Waals surface area contributed by atoms with Crippen LogP contribution in [0.5, 0.6) is 5.88 Å². The first kappa shape index (κ1) is 20.4. The molecule has 4 aliphatic carbocycles. The molecule has 0 saturated heterocycles. The fourth-order valence-corrected chi connectivity index (χ4v) is 6.69. The number of amides is 2. The fraction of sp³-hybridized carbons (Fsp3) is 0.522. The molecule has 2 aromatic rings. The second kappa shape index (κ2) is 8.57. The highest BCUT2D eigenvalue weighted by Gasteiger charge is 2.54. The highest BCUT2D eigenvalue weighted by atomic mass is 32.2. The monoisotopic (exact) mass is 441 g/mol. The van der Waals surface area contributed by atoms with Crippen molar-refractivity contribution in [2.45, 2.75) is 48.4 Å². The van der Waals surface area contributed by atoms with Crippen LogP contribution in [0.25, 0.3) is 0 Å². The second-order valence-electron chi connectivity index (χ2n) is 8.80. The third-order valence-corrected chi connectivity index (χ3v) is 7.93. The summed E-state index contributed by atoms with van der Waals surface area (Å²) in [4.78, 5) is 26.5. The smallest absolute Gasteiger partial charge is 0.291 e. The predicted octanol–water partition coefficient (Wildman–Crippen LogP) is 3.51. The van der Waals surface area contributed by atoms with E-state index in [2.05, 4.69) is 15.8 Å². The van der Waals surface area contributed by atoms with Crippen LogP contribution in [-0.4, -0.2) is 36.2 Å². The number of nitrogens with one attached hydrogen (secondary N) is 2. The summed E-state index contributed by atoms with van der Waals surface area (Å²) < 4.78 is 11.1. The molecule has 1 aromatic heterocycles. The van der Waals surface area contributed by atoms with Gasteiger partial charge in [0.05, 0.1) is 0 Å². The number of rotatable bonds is 8. The number of benzene rings is 1. The topological polar surface area (TPSA) is 93.5 Å². The molecule has 31 heavy (non-hydrogen) atoms. The van der Waals surface area contributed by atoms with Crippen molar-refractivity contribution in [1.29, 1.82) is 0 Å². The third kappa shape index (κ3) is 4.05. The van der Waals surface area contributed by atoms with E-state index in [4.69, 9.17) is 9.26 Å². The molecule has 5 atom stereocenters. The Morgan fingerprint density at radius 3 is 2.74 bits per heavy atom. The molecule has 4 fully saturated rings. The van der Waals surface area contributed by atoms with Gasteiger partial charge in [-0.05, 0) is 73.6 Å². The molecule has 0 spiro atoms. The minimum atomic E-state index is -0.250. The lowest BCUT2D eigenvalue weighted by atomic mass is 9.79. The molecule has 2 N–H and O–H groups in total. The fourth-order valence-electron chi connectivity index (χ4n) is 5.76. The summed E-state index contributed by atoms with van der Waals surface area (Å²) in [5, 5.41) is 9.92. The maximum atomic E-state index is 13.2. The van der Waals surface area contributed by atoms with E-state index in [-0.39, 0.29) is 36.1 Å². The highest BCUT2D eigenvalue weighted by molar-refractivity contribution is 7.99. The van der Waals surface area contributed by atoms with Gasteiger partial charge in [-0.1, -0.05) is 30.0 Å². The number of carbonyl (C=O) groups is 2. The first-order chi connectivity index (χ1) is 15.1. The Hall–Kier alpha value is -2.48. The van der Waals surface area contributed by atoms with E-state index in [1.165, 1.54) is 37.4 Å². The van der Waals surface area contributed by atoms with Crippen molar-refractivity contribution >= 4 is 23.6 Å². The van der Waals surface area contributed by atoms with Gasteiger partial charge in [0.2, 0.25) is 5.76 Å². The SMILES string of the molecule is CCNC(=O)COc1noc(C(=O)NC2C3CC4CC(C3)C2C4)c1Sc1ccccc1. The molecule has 4 saturated carbocycles. The van der Waals surface area contributed by atoms with Gasteiger partial charge < -0.3 is 19.9 Å². The molecular weight excluding hydrogens is 414 g/mol. The zero-order valence-electron chi connectivity index (χ0n) is 17.5. The number of ether oxygens (including phenoxy) is 1. The molecule has 164 valence electrons. The maximum Gasteiger partial charge on any atom is 0.291 e. The quantitative estimate of drug-likeness (QED) is 0.651. The summed E-state index contributed by atoms with van der Waals surface area (Å²) in [6, 6.07) is 9.90. The lowest BCUT2D eigenvalue weighted by Crippen LogP contribution is -2.44. The Kier molecular flexibility index (Phi) is 5.65. The van der Waals surface area contributed by atoms with Crippen LogP contribution in [0, 0.1) is 23.7 Å². The van der Waals surface area contributed by atoms with Crippen molar-refractivity contribution < 1.29 is 18.8 Å². The molecule has 4 aliphatic rings. The summed E-state index contributed by atoms with van der Waals surface area (Å²) in [6.07, 6.45) is 5.01. The van der Waals surface area contributed by atoms with Crippen LogP contribution in [0.1, 0.15) is 43.2 Å². The number of nitrogens with zero attached hydrogens (tertiary/aromatic N) is 1. The molecule has 7 nitrogen and oxygen atoms in total. The average molecular weight is 442 g/mol. The van der Waals surface area contributed by atoms with Crippen molar-refractivity contribution in [1.82, 2.24) is 15.8 Å². The first-order valence-electron chi connectivity index (χ1n) is 11.0. The van der Waals surface area contributed by atoms with Gasteiger partial charge in [0.25, 0.3) is 17.7 Å². The second-order valence-corrected chi connectivity index (χ2v) is 9.88. The van der Waals surface area contributed by atoms with Crippen LogP contribution in [0.15, 0.2) is 44.6 Å². The number of carbonyl (C=O) groups excluding carboxylic acids is 2. The van der Waals surface area contributed by atoms with Gasteiger partial charge in [0.1, 0.15) is 4.90 Å². The zero-order valence-corrected chi connectivity index (χ0v) is 18.3. The molecular formula is C23H27N3O4S. The van der Waals surface area contributed by atoms with Crippen LogP contribution < -0.4 is 15.4 Å². The number of hydrogen-bond acceptors (Lipinski definition) is 6. The summed E-state index contributed by atoms with van der Waals surface area (Å²) in [6.45, 7) is 2.18. The average Bonchev–Trinajstić information content (AvgIpc) is 3.37. The van der Waals surface area contributed by atoms with E-state index >= 15 is 0 Å². The largest absolute Gasteiger partial charge is 0.465 e. The van der Waals surface area contributed by atoms with Gasteiger partial charge in [-0.15, -0.1) is 0 Å². The first-order valence-corrected chi connectivity index (χ1v) is 11.9. The molecule has 5 unspecified atom stereocenters. The van der Waals surface area contributed by atoms with Crippen molar-refractivity contribution in [2.75, 3.05) is 13.2 Å². The van der Waals surface area contributed by atoms with Crippen LogP contribution in [0.3, 0.4) is 0 Å². The standard InChI is InChI=1S/C23H27N3O4S/c1-2-24-18(27)12-29-23-21(31-16-6-4-3-5-7-16)20(30-26-23)22(28)25-19-15-9-13-8-14(11-15)17(19)10-13/h3-7,13-15,17,19H,2,8-12H2,1H3,(H,24,27)(H,25,28). The zero-order chi connectivity index (χ0) is 21.4. The van der Waals surface area contributed by atoms with Crippen LogP contribution in [0.2, 0.25) is 0 Å². The molecule has 4 bridgehead atoms. The van der Waals surface area contributed by atoms with E-state index in [1.807, 2.05) is 37.3 Å². The van der Waals surface area contributed by atoms with Crippen molar-refractivity contribution in [3.8, 4) is 5.88 Å². The van der Waals surface area contributed by atoms with Gasteiger partial charge in [0.15, 0.2) is 6.61 Å². The number of hydrogen-bond donors (Lipinski definition) is 2. The summed E-state index contributed by atoms with van der Waals surface area (Å²) >= 11 is 1.36. The maximum absolute atomic E-state index is 13.2. The van der Waals surface area contributed by atoms with E-state index in [9.17, 15) is 9.59 Å². The van der Waals surface area contributed by atoms with Gasteiger partial charge in [-0.25, -0.2) is 0 Å². The van der Waals surface area contributed by atoms with Crippen LogP contribution in [-0.2, 0) is 4.79 Å². The van der Waals surface area contributed by atoms with Gasteiger partial charge in [0, 0.05) is 17.5 Å². The summed E-state index contributed by atoms with van der Waals surface area (Å²) in [5.74, 6) is 2.60. The lowest BCUT2D eigenvalue weighted by molar-refractivity contribution is -0.123. The number of likely N-dealkylation sites (N-methyl/N-ethyl adjacent to an activating group) is 1. The summed E-state index contributed by atoms with van der Waals surface area (Å²) in [5.41, 5.74) is 0. The normalized spacial score (nSPS) is 28.0. The van der Waals surface area contributed by atoms with Crippen LogP contribution in [0.4, 0.5) is 0 Å². The minimum Gasteiger partial charge on any atom is -0.465 e. The van der Waals surface area contributed by atoms with E-state index in [0.717, 1.165) is 16.7 Å². The molecule has 1 heterocycles. The van der Waals surface area contributed by atoms with Gasteiger partial charge in [-0.2, -0.15) is 0 Å². The molecule has 8 heteroatoms. The Morgan fingerprint density at radius 1 is 1.16 bits per heavy atom. The molecule has 1 aromatic carbocycles. The Labute approximate surface area is 185 Å². The Balaban J connectivity index is 1.35. The highest BCUT2D eigenvalue weighted by Crippen LogP contribution is 2.58.